The second-order valence-corrected chi connectivity index (χ2v) is 6.24. The second-order valence-electron chi connectivity index (χ2n) is 6.24. The van der Waals surface area contributed by atoms with Crippen molar-refractivity contribution in [2.75, 3.05) is 56.8 Å². The van der Waals surface area contributed by atoms with Crippen LogP contribution in [-0.2, 0) is 0 Å². The average molecular weight is 342 g/mol. The van der Waals surface area contributed by atoms with Crippen molar-refractivity contribution in [3.05, 3.63) is 42.2 Å². The van der Waals surface area contributed by atoms with Gasteiger partial charge in [0.25, 0.3) is 5.91 Å². The lowest BCUT2D eigenvalue weighted by Crippen LogP contribution is -2.18. The van der Waals surface area contributed by atoms with Crippen LogP contribution in [0.3, 0.4) is 0 Å². The van der Waals surface area contributed by atoms with Crippen LogP contribution in [0.1, 0.15) is 16.9 Å². The van der Waals surface area contributed by atoms with Gasteiger partial charge in [0, 0.05) is 38.2 Å². The van der Waals surface area contributed by atoms with Gasteiger partial charge >= 0.3 is 0 Å². The van der Waals surface area contributed by atoms with Gasteiger partial charge in [-0.2, -0.15) is 0 Å². The molecule has 2 rings (SSSR count). The van der Waals surface area contributed by atoms with Gasteiger partial charge < -0.3 is 20.4 Å². The summed E-state index contributed by atoms with van der Waals surface area (Å²) in [5.41, 5.74) is 2.14. The third-order valence-corrected chi connectivity index (χ3v) is 3.60. The highest BCUT2D eigenvalue weighted by atomic mass is 16.1. The van der Waals surface area contributed by atoms with E-state index in [1.807, 2.05) is 57.4 Å². The Labute approximate surface area is 149 Å². The molecule has 0 atom stereocenters. The number of benzene rings is 1. The maximum absolute atomic E-state index is 12.4. The Bertz CT molecular complexity index is 684. The summed E-state index contributed by atoms with van der Waals surface area (Å²) < 4.78 is 0. The first-order valence-corrected chi connectivity index (χ1v) is 8.26. The predicted molar refractivity (Wildman–Crippen MR) is 102 cm³/mol. The molecule has 0 aliphatic rings. The van der Waals surface area contributed by atoms with Crippen molar-refractivity contribution < 1.29 is 4.79 Å². The lowest BCUT2D eigenvalue weighted by molar-refractivity contribution is 0.102. The van der Waals surface area contributed by atoms with E-state index in [0.29, 0.717) is 11.6 Å². The minimum absolute atomic E-state index is 0.253. The monoisotopic (exact) mass is 342 g/mol. The van der Waals surface area contributed by atoms with Gasteiger partial charge in [-0.25, -0.2) is 9.97 Å². The molecule has 0 spiro atoms. The highest BCUT2D eigenvalue weighted by Crippen LogP contribution is 2.16. The molecule has 1 heterocycles. The summed E-state index contributed by atoms with van der Waals surface area (Å²) >= 11 is 0. The van der Waals surface area contributed by atoms with E-state index in [9.17, 15) is 4.79 Å². The molecule has 1 aromatic carbocycles. The average Bonchev–Trinajstić information content (AvgIpc) is 2.59. The number of nitrogens with zero attached hydrogens (tertiary/aromatic N) is 4. The Morgan fingerprint density at radius 2 is 1.80 bits per heavy atom. The van der Waals surface area contributed by atoms with Crippen molar-refractivity contribution in [2.45, 2.75) is 6.42 Å². The maximum Gasteiger partial charge on any atom is 0.274 e. The van der Waals surface area contributed by atoms with Crippen LogP contribution in [0.2, 0.25) is 0 Å². The molecule has 0 aliphatic carbocycles. The first-order valence-electron chi connectivity index (χ1n) is 8.26. The van der Waals surface area contributed by atoms with Crippen molar-refractivity contribution in [1.82, 2.24) is 14.9 Å². The molecule has 25 heavy (non-hydrogen) atoms. The number of nitrogens with one attached hydrogen (secondary N) is 2. The largest absolute Gasteiger partial charge is 0.378 e. The van der Waals surface area contributed by atoms with Crippen molar-refractivity contribution in [1.29, 1.82) is 0 Å². The molecule has 7 nitrogen and oxygen atoms in total. The topological polar surface area (TPSA) is 73.4 Å². The van der Waals surface area contributed by atoms with Gasteiger partial charge in [-0.3, -0.25) is 4.79 Å². The Balaban J connectivity index is 1.93. The number of amides is 1. The summed E-state index contributed by atoms with van der Waals surface area (Å²) in [6.45, 7) is 1.74. The van der Waals surface area contributed by atoms with Crippen LogP contribution >= 0.6 is 0 Å². The predicted octanol–water partition coefficient (Wildman–Crippen LogP) is 2.16. The quantitative estimate of drug-likeness (QED) is 0.716. The molecule has 2 aromatic rings. The summed E-state index contributed by atoms with van der Waals surface area (Å²) in [5, 5.41) is 6.00. The Kier molecular flexibility index (Phi) is 6.71. The SMILES string of the molecule is CN(C)CCCNc1nccc(C(=O)Nc2ccc(N(C)C)cc2)n1. The van der Waals surface area contributed by atoms with Gasteiger partial charge in [-0.1, -0.05) is 0 Å². The number of rotatable bonds is 8. The number of hydrogen-bond acceptors (Lipinski definition) is 6. The number of carbonyl (C=O) groups excluding carboxylic acids is 1. The molecular formula is C18H26N6O. The molecular weight excluding hydrogens is 316 g/mol. The lowest BCUT2D eigenvalue weighted by atomic mass is 10.2. The number of carbonyl (C=O) groups is 1. The molecule has 7 heteroatoms. The van der Waals surface area contributed by atoms with Crippen LogP contribution in [0, 0.1) is 0 Å². The molecule has 1 amide bonds. The first kappa shape index (κ1) is 18.7. The minimum Gasteiger partial charge on any atom is -0.378 e. The Morgan fingerprint density at radius 3 is 2.44 bits per heavy atom. The zero-order valence-corrected chi connectivity index (χ0v) is 15.3. The molecule has 134 valence electrons. The normalized spacial score (nSPS) is 10.6. The fourth-order valence-corrected chi connectivity index (χ4v) is 2.20. The van der Waals surface area contributed by atoms with E-state index in [1.165, 1.54) is 0 Å². The Hall–Kier alpha value is -2.67. The third-order valence-electron chi connectivity index (χ3n) is 3.60. The van der Waals surface area contributed by atoms with E-state index in [-0.39, 0.29) is 5.91 Å². The summed E-state index contributed by atoms with van der Waals surface area (Å²) in [5.74, 6) is 0.214. The van der Waals surface area contributed by atoms with Crippen molar-refractivity contribution in [3.63, 3.8) is 0 Å². The van der Waals surface area contributed by atoms with Gasteiger partial charge in [0.15, 0.2) is 0 Å². The van der Waals surface area contributed by atoms with Crippen LogP contribution < -0.4 is 15.5 Å². The van der Waals surface area contributed by atoms with Crippen molar-refractivity contribution >= 4 is 23.2 Å². The molecule has 0 aliphatic heterocycles. The molecule has 0 bridgehead atoms. The van der Waals surface area contributed by atoms with Crippen molar-refractivity contribution in [3.8, 4) is 0 Å². The van der Waals surface area contributed by atoms with E-state index in [2.05, 4.69) is 25.5 Å². The fourth-order valence-electron chi connectivity index (χ4n) is 2.20. The van der Waals surface area contributed by atoms with E-state index in [0.717, 1.165) is 30.9 Å². The minimum atomic E-state index is -0.253. The molecule has 0 radical (unpaired) electrons. The van der Waals surface area contributed by atoms with E-state index in [1.54, 1.807) is 12.3 Å². The molecule has 2 N–H and O–H groups in total. The summed E-state index contributed by atoms with van der Waals surface area (Å²) in [6.07, 6.45) is 2.57. The van der Waals surface area contributed by atoms with Gasteiger partial charge in [0.2, 0.25) is 5.95 Å². The van der Waals surface area contributed by atoms with Crippen LogP contribution in [-0.4, -0.2) is 62.1 Å². The molecule has 1 aromatic heterocycles. The fraction of sp³-hybridized carbons (Fsp3) is 0.389. The van der Waals surface area contributed by atoms with Crippen molar-refractivity contribution in [2.24, 2.45) is 0 Å². The first-order chi connectivity index (χ1) is 12.0. The molecule has 0 fully saturated rings. The van der Waals surface area contributed by atoms with E-state index < -0.39 is 0 Å². The highest BCUT2D eigenvalue weighted by Gasteiger charge is 2.09. The van der Waals surface area contributed by atoms with Gasteiger partial charge in [0.1, 0.15) is 5.69 Å². The highest BCUT2D eigenvalue weighted by molar-refractivity contribution is 6.03. The molecule has 0 saturated heterocycles. The lowest BCUT2D eigenvalue weighted by Gasteiger charge is -2.13. The molecule has 0 saturated carbocycles. The summed E-state index contributed by atoms with van der Waals surface area (Å²) in [7, 11) is 8.02. The maximum atomic E-state index is 12.4. The van der Waals surface area contributed by atoms with Crippen LogP contribution in [0.5, 0.6) is 0 Å². The standard InChI is InChI=1S/C18H26N6O/c1-23(2)13-5-11-19-18-20-12-10-16(22-18)17(25)21-14-6-8-15(9-7-14)24(3)4/h6-10,12H,5,11,13H2,1-4H3,(H,21,25)(H,19,20,22). The van der Waals surface area contributed by atoms with Crippen LogP contribution in [0.4, 0.5) is 17.3 Å². The number of anilines is 3. The second kappa shape index (κ2) is 8.98. The summed E-state index contributed by atoms with van der Waals surface area (Å²) in [4.78, 5) is 24.9. The zero-order chi connectivity index (χ0) is 18.2. The van der Waals surface area contributed by atoms with Gasteiger partial charge in [0.05, 0.1) is 0 Å². The van der Waals surface area contributed by atoms with Gasteiger partial charge in [-0.05, 0) is 57.4 Å². The third kappa shape index (κ3) is 6.04. The van der Waals surface area contributed by atoms with Gasteiger partial charge in [-0.15, -0.1) is 0 Å². The number of aromatic nitrogens is 2. The van der Waals surface area contributed by atoms with Crippen LogP contribution in [0.15, 0.2) is 36.5 Å². The summed E-state index contributed by atoms with van der Waals surface area (Å²) in [6, 6.07) is 9.25. The van der Waals surface area contributed by atoms with Crippen LogP contribution in [0.25, 0.3) is 0 Å². The zero-order valence-electron chi connectivity index (χ0n) is 15.3. The molecule has 0 unspecified atom stereocenters. The Morgan fingerprint density at radius 1 is 1.08 bits per heavy atom. The van der Waals surface area contributed by atoms with E-state index in [4.69, 9.17) is 0 Å². The van der Waals surface area contributed by atoms with E-state index >= 15 is 0 Å². The smallest absolute Gasteiger partial charge is 0.274 e. The number of hydrogen-bond donors (Lipinski definition) is 2.